The van der Waals surface area contributed by atoms with Gasteiger partial charge in [-0.2, -0.15) is 0 Å². The number of carbonyl (C=O) groups excluding carboxylic acids is 2. The minimum Gasteiger partial charge on any atom is -0.444 e. The molecule has 1 atom stereocenters. The van der Waals surface area contributed by atoms with Crippen LogP contribution in [0.5, 0.6) is 0 Å². The molecule has 2 heterocycles. The standard InChI is InChI=1S/C16H23N3O3S/c1-16(2,3)22-15(21)19-9-5-7-11(19)13(20)18-14-17-10-6-4-8-12(10)23-14/h11H,4-9H2,1-3H3,(H,17,18,20)/t11-/m0/s1. The molecule has 7 heteroatoms. The van der Waals surface area contributed by atoms with Crippen LogP contribution < -0.4 is 5.32 Å². The second-order valence-electron chi connectivity index (χ2n) is 7.06. The minimum atomic E-state index is -0.559. The highest BCUT2D eigenvalue weighted by atomic mass is 32.1. The average Bonchev–Trinajstić information content (AvgIpc) is 3.10. The van der Waals surface area contributed by atoms with Gasteiger partial charge in [0.05, 0.1) is 5.69 Å². The molecule has 0 saturated carbocycles. The summed E-state index contributed by atoms with van der Waals surface area (Å²) in [4.78, 5) is 32.1. The van der Waals surface area contributed by atoms with E-state index in [0.29, 0.717) is 18.1 Å². The summed E-state index contributed by atoms with van der Waals surface area (Å²) >= 11 is 1.55. The highest BCUT2D eigenvalue weighted by Gasteiger charge is 2.37. The van der Waals surface area contributed by atoms with Crippen LogP contribution in [0.15, 0.2) is 0 Å². The number of hydrogen-bond acceptors (Lipinski definition) is 5. The third-order valence-corrected chi connectivity index (χ3v) is 5.08. The first kappa shape index (κ1) is 16.2. The Kier molecular flexibility index (Phi) is 4.31. The van der Waals surface area contributed by atoms with Gasteiger partial charge in [-0.15, -0.1) is 11.3 Å². The summed E-state index contributed by atoms with van der Waals surface area (Å²) in [5, 5.41) is 3.53. The van der Waals surface area contributed by atoms with Crippen molar-refractivity contribution in [3.63, 3.8) is 0 Å². The van der Waals surface area contributed by atoms with Crippen LogP contribution in [0.25, 0.3) is 0 Å². The molecule has 1 aromatic rings. The monoisotopic (exact) mass is 337 g/mol. The van der Waals surface area contributed by atoms with Crippen molar-refractivity contribution >= 4 is 28.5 Å². The van der Waals surface area contributed by atoms with Crippen LogP contribution in [-0.4, -0.2) is 40.1 Å². The number of likely N-dealkylation sites (tertiary alicyclic amines) is 1. The lowest BCUT2D eigenvalue weighted by Gasteiger charge is -2.27. The highest BCUT2D eigenvalue weighted by Crippen LogP contribution is 2.31. The summed E-state index contributed by atoms with van der Waals surface area (Å²) in [6, 6.07) is -0.469. The molecule has 1 N–H and O–H groups in total. The molecule has 0 unspecified atom stereocenters. The summed E-state index contributed by atoms with van der Waals surface area (Å²) < 4.78 is 5.40. The highest BCUT2D eigenvalue weighted by molar-refractivity contribution is 7.15. The second kappa shape index (κ2) is 6.11. The molecule has 1 aromatic heterocycles. The Morgan fingerprint density at radius 2 is 2.09 bits per heavy atom. The Hall–Kier alpha value is -1.63. The molecular weight excluding hydrogens is 314 g/mol. The van der Waals surface area contributed by atoms with Crippen molar-refractivity contribution in [3.05, 3.63) is 10.6 Å². The quantitative estimate of drug-likeness (QED) is 0.900. The maximum atomic E-state index is 12.5. The summed E-state index contributed by atoms with van der Waals surface area (Å²) in [6.45, 7) is 6.04. The smallest absolute Gasteiger partial charge is 0.410 e. The van der Waals surface area contributed by atoms with E-state index in [9.17, 15) is 9.59 Å². The van der Waals surface area contributed by atoms with Gasteiger partial charge < -0.3 is 10.1 Å². The Balaban J connectivity index is 1.64. The van der Waals surface area contributed by atoms with E-state index in [0.717, 1.165) is 31.4 Å². The number of amides is 2. The predicted molar refractivity (Wildman–Crippen MR) is 88.7 cm³/mol. The van der Waals surface area contributed by atoms with Gasteiger partial charge in [-0.3, -0.25) is 9.69 Å². The fourth-order valence-corrected chi connectivity index (χ4v) is 4.06. The van der Waals surface area contributed by atoms with Crippen LogP contribution >= 0.6 is 11.3 Å². The predicted octanol–water partition coefficient (Wildman–Crippen LogP) is 2.97. The first-order chi connectivity index (χ1) is 10.8. The first-order valence-corrected chi connectivity index (χ1v) is 8.94. The number of anilines is 1. The number of ether oxygens (including phenoxy) is 1. The van der Waals surface area contributed by atoms with E-state index in [4.69, 9.17) is 4.74 Å². The maximum absolute atomic E-state index is 12.5. The van der Waals surface area contributed by atoms with Crippen LogP contribution in [0.1, 0.15) is 50.6 Å². The van der Waals surface area contributed by atoms with E-state index >= 15 is 0 Å². The summed E-state index contributed by atoms with van der Waals surface area (Å²) in [5.74, 6) is -0.166. The van der Waals surface area contributed by atoms with Gasteiger partial charge in [0.15, 0.2) is 5.13 Å². The third-order valence-electron chi connectivity index (χ3n) is 4.01. The molecule has 1 fully saturated rings. The number of rotatable bonds is 2. The summed E-state index contributed by atoms with van der Waals surface area (Å²) in [6.07, 6.45) is 4.25. The number of aryl methyl sites for hydroxylation is 2. The van der Waals surface area contributed by atoms with Crippen LogP contribution in [0.4, 0.5) is 9.93 Å². The molecule has 1 saturated heterocycles. The van der Waals surface area contributed by atoms with Crippen molar-refractivity contribution in [2.24, 2.45) is 0 Å². The van der Waals surface area contributed by atoms with Gasteiger partial charge in [0.1, 0.15) is 11.6 Å². The molecule has 0 aromatic carbocycles. The summed E-state index contributed by atoms with van der Waals surface area (Å²) in [7, 11) is 0. The zero-order valence-corrected chi connectivity index (χ0v) is 14.7. The second-order valence-corrected chi connectivity index (χ2v) is 8.15. The third kappa shape index (κ3) is 3.65. The molecular formula is C16H23N3O3S. The van der Waals surface area contributed by atoms with Crippen LogP contribution in [0.2, 0.25) is 0 Å². The van der Waals surface area contributed by atoms with Gasteiger partial charge in [0.2, 0.25) is 5.91 Å². The number of thiazole rings is 1. The van der Waals surface area contributed by atoms with Gasteiger partial charge in [-0.1, -0.05) is 0 Å². The number of fused-ring (bicyclic) bond motifs is 1. The zero-order chi connectivity index (χ0) is 16.6. The molecule has 0 bridgehead atoms. The molecule has 0 radical (unpaired) electrons. The lowest BCUT2D eigenvalue weighted by molar-refractivity contribution is -0.120. The molecule has 2 amide bonds. The SMILES string of the molecule is CC(C)(C)OC(=O)N1CCC[C@H]1C(=O)Nc1nc2c(s1)CCC2. The Morgan fingerprint density at radius 3 is 2.78 bits per heavy atom. The van der Waals surface area contributed by atoms with Crippen molar-refractivity contribution in [2.45, 2.75) is 64.5 Å². The number of nitrogens with zero attached hydrogens (tertiary/aromatic N) is 2. The number of aromatic nitrogens is 1. The van der Waals surface area contributed by atoms with Crippen LogP contribution in [0, 0.1) is 0 Å². The van der Waals surface area contributed by atoms with Crippen molar-refractivity contribution in [2.75, 3.05) is 11.9 Å². The molecule has 23 heavy (non-hydrogen) atoms. The van der Waals surface area contributed by atoms with Gasteiger partial charge in [0, 0.05) is 11.4 Å². The lowest BCUT2D eigenvalue weighted by atomic mass is 10.2. The average molecular weight is 337 g/mol. The van der Waals surface area contributed by atoms with Crippen LogP contribution in [0.3, 0.4) is 0 Å². The molecule has 1 aliphatic heterocycles. The van der Waals surface area contributed by atoms with Gasteiger partial charge in [-0.05, 0) is 52.9 Å². The fraction of sp³-hybridized carbons (Fsp3) is 0.688. The van der Waals surface area contributed by atoms with Crippen molar-refractivity contribution < 1.29 is 14.3 Å². The zero-order valence-electron chi connectivity index (χ0n) is 13.8. The topological polar surface area (TPSA) is 71.5 Å². The minimum absolute atomic E-state index is 0.166. The van der Waals surface area contributed by atoms with E-state index < -0.39 is 17.7 Å². The molecule has 3 rings (SSSR count). The van der Waals surface area contributed by atoms with Gasteiger partial charge in [0.25, 0.3) is 0 Å². The van der Waals surface area contributed by atoms with Crippen molar-refractivity contribution in [1.29, 1.82) is 0 Å². The van der Waals surface area contributed by atoms with E-state index in [1.807, 2.05) is 20.8 Å². The molecule has 1 aliphatic carbocycles. The number of nitrogens with one attached hydrogen (secondary N) is 1. The molecule has 0 spiro atoms. The van der Waals surface area contributed by atoms with E-state index in [1.54, 1.807) is 11.3 Å². The molecule has 2 aliphatic rings. The first-order valence-electron chi connectivity index (χ1n) is 8.12. The largest absolute Gasteiger partial charge is 0.444 e. The Morgan fingerprint density at radius 1 is 1.30 bits per heavy atom. The van der Waals surface area contributed by atoms with Crippen LogP contribution in [-0.2, 0) is 22.4 Å². The Labute approximate surface area is 140 Å². The molecule has 126 valence electrons. The lowest BCUT2D eigenvalue weighted by Crippen LogP contribution is -2.45. The molecule has 6 nitrogen and oxygen atoms in total. The number of hydrogen-bond donors (Lipinski definition) is 1. The van der Waals surface area contributed by atoms with E-state index in [1.165, 1.54) is 9.78 Å². The Bertz CT molecular complexity index is 599. The summed E-state index contributed by atoms with van der Waals surface area (Å²) in [5.41, 5.74) is 0.553. The van der Waals surface area contributed by atoms with Gasteiger partial charge >= 0.3 is 6.09 Å². The maximum Gasteiger partial charge on any atom is 0.410 e. The fourth-order valence-electron chi connectivity index (χ4n) is 3.01. The van der Waals surface area contributed by atoms with E-state index in [2.05, 4.69) is 10.3 Å². The van der Waals surface area contributed by atoms with Gasteiger partial charge in [-0.25, -0.2) is 9.78 Å². The normalized spacial score (nSPS) is 20.5. The van der Waals surface area contributed by atoms with E-state index in [-0.39, 0.29) is 5.91 Å². The van der Waals surface area contributed by atoms with Crippen molar-refractivity contribution in [3.8, 4) is 0 Å². The number of carbonyl (C=O) groups is 2. The van der Waals surface area contributed by atoms with Crippen molar-refractivity contribution in [1.82, 2.24) is 9.88 Å².